The fourth-order valence-corrected chi connectivity index (χ4v) is 2.47. The molecule has 7 heteroatoms. The van der Waals surface area contributed by atoms with Crippen LogP contribution >= 0.6 is 15.9 Å². The number of nitro benzene ring substituents is 1. The number of amides is 1. The lowest BCUT2D eigenvalue weighted by Crippen LogP contribution is -2.15. The number of hydrogen-bond acceptors (Lipinski definition) is 4. The molecule has 0 unspecified atom stereocenters. The number of ether oxygens (including phenoxy) is 1. The molecule has 0 aromatic heterocycles. The minimum absolute atomic E-state index is 0.144. The SMILES string of the molecule is CCCOc1ccc(Br)cc1C(=O)Nc1ccc(C)cc1[N+](=O)[O-]. The third-order valence-corrected chi connectivity index (χ3v) is 3.74. The number of halogens is 1. The van der Waals surface area contributed by atoms with Crippen LogP contribution in [0.15, 0.2) is 40.9 Å². The van der Waals surface area contributed by atoms with Gasteiger partial charge in [0, 0.05) is 10.5 Å². The number of anilines is 1. The van der Waals surface area contributed by atoms with Crippen LogP contribution in [0, 0.1) is 17.0 Å². The van der Waals surface area contributed by atoms with Crippen LogP contribution in [0.3, 0.4) is 0 Å². The van der Waals surface area contributed by atoms with E-state index in [1.165, 1.54) is 12.1 Å². The lowest BCUT2D eigenvalue weighted by atomic mass is 10.1. The number of benzene rings is 2. The number of hydrogen-bond donors (Lipinski definition) is 1. The van der Waals surface area contributed by atoms with Crippen molar-refractivity contribution in [1.29, 1.82) is 0 Å². The Hall–Kier alpha value is -2.41. The van der Waals surface area contributed by atoms with Gasteiger partial charge in [-0.05, 0) is 43.2 Å². The van der Waals surface area contributed by atoms with E-state index in [9.17, 15) is 14.9 Å². The summed E-state index contributed by atoms with van der Waals surface area (Å²) in [5, 5.41) is 13.8. The van der Waals surface area contributed by atoms with Gasteiger partial charge < -0.3 is 10.1 Å². The molecule has 126 valence electrons. The Balaban J connectivity index is 2.33. The molecule has 0 aliphatic carbocycles. The zero-order chi connectivity index (χ0) is 17.7. The van der Waals surface area contributed by atoms with Crippen LogP contribution in [0.2, 0.25) is 0 Å². The van der Waals surface area contributed by atoms with Crippen molar-refractivity contribution in [2.75, 3.05) is 11.9 Å². The van der Waals surface area contributed by atoms with Crippen molar-refractivity contribution in [3.05, 3.63) is 62.1 Å². The van der Waals surface area contributed by atoms with Crippen molar-refractivity contribution in [3.8, 4) is 5.75 Å². The first-order valence-corrected chi connectivity index (χ1v) is 8.20. The van der Waals surface area contributed by atoms with Gasteiger partial charge in [0.05, 0.1) is 17.1 Å². The second-order valence-corrected chi connectivity index (χ2v) is 6.14. The molecule has 2 aromatic rings. The highest BCUT2D eigenvalue weighted by atomic mass is 79.9. The zero-order valence-electron chi connectivity index (χ0n) is 13.3. The molecule has 24 heavy (non-hydrogen) atoms. The van der Waals surface area contributed by atoms with Crippen molar-refractivity contribution < 1.29 is 14.5 Å². The third-order valence-electron chi connectivity index (χ3n) is 3.25. The van der Waals surface area contributed by atoms with Gasteiger partial charge in [-0.2, -0.15) is 0 Å². The van der Waals surface area contributed by atoms with E-state index in [0.29, 0.717) is 17.9 Å². The van der Waals surface area contributed by atoms with E-state index in [4.69, 9.17) is 4.74 Å². The minimum Gasteiger partial charge on any atom is -0.493 e. The predicted molar refractivity (Wildman–Crippen MR) is 95.7 cm³/mol. The molecule has 0 spiro atoms. The van der Waals surface area contributed by atoms with Gasteiger partial charge in [0.25, 0.3) is 11.6 Å². The average Bonchev–Trinajstić information content (AvgIpc) is 2.55. The van der Waals surface area contributed by atoms with Crippen molar-refractivity contribution >= 4 is 33.2 Å². The number of aryl methyl sites for hydroxylation is 1. The maximum atomic E-state index is 12.6. The maximum Gasteiger partial charge on any atom is 0.293 e. The Morgan fingerprint density at radius 1 is 1.29 bits per heavy atom. The summed E-state index contributed by atoms with van der Waals surface area (Å²) in [6.07, 6.45) is 0.806. The molecule has 0 aliphatic heterocycles. The first-order valence-electron chi connectivity index (χ1n) is 7.41. The maximum absolute atomic E-state index is 12.6. The molecule has 2 rings (SSSR count). The summed E-state index contributed by atoms with van der Waals surface area (Å²) in [5.74, 6) is -0.0262. The fourth-order valence-electron chi connectivity index (χ4n) is 2.11. The zero-order valence-corrected chi connectivity index (χ0v) is 14.9. The third kappa shape index (κ3) is 4.32. The highest BCUT2D eigenvalue weighted by Crippen LogP contribution is 2.28. The van der Waals surface area contributed by atoms with Crippen LogP contribution in [-0.4, -0.2) is 17.4 Å². The number of rotatable bonds is 6. The monoisotopic (exact) mass is 392 g/mol. The van der Waals surface area contributed by atoms with Gasteiger partial charge in [-0.3, -0.25) is 14.9 Å². The summed E-state index contributed by atoms with van der Waals surface area (Å²) in [6.45, 7) is 4.20. The van der Waals surface area contributed by atoms with E-state index in [2.05, 4.69) is 21.2 Å². The quantitative estimate of drug-likeness (QED) is 0.570. The highest BCUT2D eigenvalue weighted by Gasteiger charge is 2.19. The van der Waals surface area contributed by atoms with Crippen LogP contribution in [0.25, 0.3) is 0 Å². The van der Waals surface area contributed by atoms with E-state index in [1.807, 2.05) is 6.92 Å². The van der Waals surface area contributed by atoms with Gasteiger partial charge in [-0.25, -0.2) is 0 Å². The number of nitrogens with zero attached hydrogens (tertiary/aromatic N) is 1. The summed E-state index contributed by atoms with van der Waals surface area (Å²) in [6, 6.07) is 9.74. The lowest BCUT2D eigenvalue weighted by molar-refractivity contribution is -0.384. The number of nitrogens with one attached hydrogen (secondary N) is 1. The molecule has 0 fully saturated rings. The van der Waals surface area contributed by atoms with Gasteiger partial charge in [-0.1, -0.05) is 28.9 Å². The fraction of sp³-hybridized carbons (Fsp3) is 0.235. The Morgan fingerprint density at radius 3 is 2.71 bits per heavy atom. The van der Waals surface area contributed by atoms with E-state index >= 15 is 0 Å². The number of carbonyl (C=O) groups excluding carboxylic acids is 1. The van der Waals surface area contributed by atoms with Gasteiger partial charge in [-0.15, -0.1) is 0 Å². The normalized spacial score (nSPS) is 10.3. The first kappa shape index (κ1) is 17.9. The molecule has 1 N–H and O–H groups in total. The molecule has 0 bridgehead atoms. The molecule has 0 aliphatic rings. The predicted octanol–water partition coefficient (Wildman–Crippen LogP) is 4.71. The molecule has 0 heterocycles. The van der Waals surface area contributed by atoms with Gasteiger partial charge in [0.15, 0.2) is 0 Å². The van der Waals surface area contributed by atoms with Crippen LogP contribution < -0.4 is 10.1 Å². The molecule has 2 aromatic carbocycles. The number of carbonyl (C=O) groups is 1. The van der Waals surface area contributed by atoms with E-state index < -0.39 is 10.8 Å². The summed E-state index contributed by atoms with van der Waals surface area (Å²) >= 11 is 3.32. The van der Waals surface area contributed by atoms with Crippen LogP contribution in [0.5, 0.6) is 5.75 Å². The second kappa shape index (κ2) is 7.92. The molecule has 0 atom stereocenters. The Kier molecular flexibility index (Phi) is 5.92. The van der Waals surface area contributed by atoms with Crippen molar-refractivity contribution in [1.82, 2.24) is 0 Å². The first-order chi connectivity index (χ1) is 11.4. The van der Waals surface area contributed by atoms with E-state index in [-0.39, 0.29) is 11.4 Å². The number of nitro groups is 1. The molecular weight excluding hydrogens is 376 g/mol. The lowest BCUT2D eigenvalue weighted by Gasteiger charge is -2.12. The molecule has 6 nitrogen and oxygen atoms in total. The van der Waals surface area contributed by atoms with Crippen molar-refractivity contribution in [2.24, 2.45) is 0 Å². The van der Waals surface area contributed by atoms with E-state index in [1.54, 1.807) is 31.2 Å². The Bertz CT molecular complexity index is 777. The minimum atomic E-state index is -0.516. The van der Waals surface area contributed by atoms with Crippen LogP contribution in [-0.2, 0) is 0 Å². The summed E-state index contributed by atoms with van der Waals surface area (Å²) in [5.41, 5.74) is 1.06. The standard InChI is InChI=1S/C17H17BrN2O4/c1-3-8-24-16-7-5-12(18)10-13(16)17(21)19-14-6-4-11(2)9-15(14)20(22)23/h4-7,9-10H,3,8H2,1-2H3,(H,19,21). The smallest absolute Gasteiger partial charge is 0.293 e. The van der Waals surface area contributed by atoms with Gasteiger partial charge in [0.1, 0.15) is 11.4 Å². The van der Waals surface area contributed by atoms with E-state index in [0.717, 1.165) is 16.5 Å². The summed E-state index contributed by atoms with van der Waals surface area (Å²) < 4.78 is 6.30. The van der Waals surface area contributed by atoms with Crippen LogP contribution in [0.4, 0.5) is 11.4 Å². The van der Waals surface area contributed by atoms with Crippen LogP contribution in [0.1, 0.15) is 29.3 Å². The largest absolute Gasteiger partial charge is 0.493 e. The molecule has 1 amide bonds. The molecule has 0 radical (unpaired) electrons. The highest BCUT2D eigenvalue weighted by molar-refractivity contribution is 9.10. The molecule has 0 saturated carbocycles. The summed E-state index contributed by atoms with van der Waals surface area (Å²) in [7, 11) is 0. The second-order valence-electron chi connectivity index (χ2n) is 5.22. The Morgan fingerprint density at radius 2 is 2.04 bits per heavy atom. The topological polar surface area (TPSA) is 81.5 Å². The average molecular weight is 393 g/mol. The molecule has 0 saturated heterocycles. The summed E-state index contributed by atoms with van der Waals surface area (Å²) in [4.78, 5) is 23.2. The van der Waals surface area contributed by atoms with Crippen molar-refractivity contribution in [3.63, 3.8) is 0 Å². The molecular formula is C17H17BrN2O4. The van der Waals surface area contributed by atoms with Crippen molar-refractivity contribution in [2.45, 2.75) is 20.3 Å². The Labute approximate surface area is 148 Å². The van der Waals surface area contributed by atoms with Gasteiger partial charge in [0.2, 0.25) is 0 Å². The van der Waals surface area contributed by atoms with Gasteiger partial charge >= 0.3 is 0 Å².